The maximum absolute atomic E-state index is 12.4. The molecular formula is C25H25N5O5S. The SMILES string of the molecule is CNCc1ccc(-c2cc(-c3cc(-c4ccc(S(=O)(=O)C(C)C)cn4)cnc3NC(=O)O)on2)cc1. The summed E-state index contributed by atoms with van der Waals surface area (Å²) in [6.45, 7) is 3.96. The molecular weight excluding hydrogens is 482 g/mol. The smallest absolute Gasteiger partial charge is 0.410 e. The Hall–Kier alpha value is -4.09. The molecule has 36 heavy (non-hydrogen) atoms. The molecule has 11 heteroatoms. The second-order valence-electron chi connectivity index (χ2n) is 8.33. The molecule has 4 aromatic rings. The van der Waals surface area contributed by atoms with Gasteiger partial charge in [0, 0.05) is 36.1 Å². The van der Waals surface area contributed by atoms with Crippen molar-refractivity contribution in [3.63, 3.8) is 0 Å². The van der Waals surface area contributed by atoms with E-state index in [0.717, 1.165) is 17.7 Å². The van der Waals surface area contributed by atoms with Crippen molar-refractivity contribution in [1.82, 2.24) is 20.4 Å². The average molecular weight is 508 g/mol. The lowest BCUT2D eigenvalue weighted by atomic mass is 10.1. The highest BCUT2D eigenvalue weighted by Crippen LogP contribution is 2.33. The van der Waals surface area contributed by atoms with E-state index in [2.05, 4.69) is 25.8 Å². The molecule has 10 nitrogen and oxygen atoms in total. The fourth-order valence-electron chi connectivity index (χ4n) is 3.52. The Kier molecular flexibility index (Phi) is 7.13. The molecule has 0 saturated carbocycles. The number of rotatable bonds is 8. The monoisotopic (exact) mass is 507 g/mol. The number of benzene rings is 1. The molecule has 0 aliphatic rings. The summed E-state index contributed by atoms with van der Waals surface area (Å²) in [5.74, 6) is 0.374. The second-order valence-corrected chi connectivity index (χ2v) is 10.8. The van der Waals surface area contributed by atoms with Crippen LogP contribution in [0.1, 0.15) is 19.4 Å². The van der Waals surface area contributed by atoms with Crippen LogP contribution in [0.4, 0.5) is 10.6 Å². The van der Waals surface area contributed by atoms with Crippen molar-refractivity contribution < 1.29 is 22.8 Å². The van der Waals surface area contributed by atoms with Crippen LogP contribution < -0.4 is 10.6 Å². The van der Waals surface area contributed by atoms with E-state index >= 15 is 0 Å². The minimum absolute atomic E-state index is 0.0670. The first kappa shape index (κ1) is 25.0. The minimum Gasteiger partial charge on any atom is -0.465 e. The van der Waals surface area contributed by atoms with Crippen LogP contribution in [0.15, 0.2) is 70.3 Å². The Balaban J connectivity index is 1.71. The number of sulfone groups is 1. The fourth-order valence-corrected chi connectivity index (χ4v) is 4.52. The molecule has 0 fully saturated rings. The Morgan fingerprint density at radius 1 is 1.00 bits per heavy atom. The van der Waals surface area contributed by atoms with Crippen molar-refractivity contribution in [2.75, 3.05) is 12.4 Å². The van der Waals surface area contributed by atoms with Gasteiger partial charge in [-0.2, -0.15) is 0 Å². The molecule has 0 aliphatic heterocycles. The zero-order valence-electron chi connectivity index (χ0n) is 19.9. The number of nitrogens with one attached hydrogen (secondary N) is 2. The number of carboxylic acid groups (broad SMARTS) is 1. The molecule has 1 aromatic carbocycles. The van der Waals surface area contributed by atoms with Gasteiger partial charge in [0.05, 0.1) is 21.4 Å². The lowest BCUT2D eigenvalue weighted by Gasteiger charge is -2.10. The normalized spacial score (nSPS) is 11.6. The van der Waals surface area contributed by atoms with Crippen molar-refractivity contribution in [1.29, 1.82) is 0 Å². The molecule has 3 heterocycles. The molecule has 0 bridgehead atoms. The first-order valence-corrected chi connectivity index (χ1v) is 12.6. The van der Waals surface area contributed by atoms with Crippen molar-refractivity contribution in [3.8, 4) is 33.8 Å². The number of pyridine rings is 2. The third-order valence-electron chi connectivity index (χ3n) is 5.50. The summed E-state index contributed by atoms with van der Waals surface area (Å²) in [7, 11) is -1.58. The maximum atomic E-state index is 12.4. The van der Waals surface area contributed by atoms with Crippen LogP contribution in [-0.4, -0.2) is 47.0 Å². The molecule has 186 valence electrons. The quantitative estimate of drug-likeness (QED) is 0.314. The summed E-state index contributed by atoms with van der Waals surface area (Å²) in [6, 6.07) is 14.3. The molecule has 0 atom stereocenters. The van der Waals surface area contributed by atoms with Gasteiger partial charge in [-0.1, -0.05) is 29.4 Å². The molecule has 0 aliphatic carbocycles. The Morgan fingerprint density at radius 2 is 1.75 bits per heavy atom. The van der Waals surface area contributed by atoms with Gasteiger partial charge in [0.1, 0.15) is 11.5 Å². The van der Waals surface area contributed by atoms with Gasteiger partial charge in [0.2, 0.25) is 0 Å². The van der Waals surface area contributed by atoms with E-state index in [9.17, 15) is 18.3 Å². The zero-order valence-corrected chi connectivity index (χ0v) is 20.7. The summed E-state index contributed by atoms with van der Waals surface area (Å²) >= 11 is 0. The van der Waals surface area contributed by atoms with Crippen LogP contribution in [0, 0.1) is 0 Å². The third kappa shape index (κ3) is 5.26. The van der Waals surface area contributed by atoms with Gasteiger partial charge in [-0.05, 0) is 44.7 Å². The number of amides is 1. The van der Waals surface area contributed by atoms with Gasteiger partial charge in [-0.3, -0.25) is 10.3 Å². The second kappa shape index (κ2) is 10.3. The van der Waals surface area contributed by atoms with Gasteiger partial charge >= 0.3 is 6.09 Å². The van der Waals surface area contributed by atoms with Crippen LogP contribution in [0.3, 0.4) is 0 Å². The largest absolute Gasteiger partial charge is 0.465 e. The summed E-state index contributed by atoms with van der Waals surface area (Å²) in [5.41, 5.74) is 3.91. The summed E-state index contributed by atoms with van der Waals surface area (Å²) in [6.07, 6.45) is 1.47. The molecule has 0 radical (unpaired) electrons. The topological polar surface area (TPSA) is 147 Å². The predicted molar refractivity (Wildman–Crippen MR) is 135 cm³/mol. The highest BCUT2D eigenvalue weighted by molar-refractivity contribution is 7.92. The van der Waals surface area contributed by atoms with Gasteiger partial charge < -0.3 is 14.9 Å². The molecule has 0 saturated heterocycles. The Morgan fingerprint density at radius 3 is 2.36 bits per heavy atom. The average Bonchev–Trinajstić information content (AvgIpc) is 3.35. The van der Waals surface area contributed by atoms with Crippen LogP contribution in [-0.2, 0) is 16.4 Å². The Labute approximate surface area is 208 Å². The molecule has 3 N–H and O–H groups in total. The molecule has 0 spiro atoms. The molecule has 0 unspecified atom stereocenters. The van der Waals surface area contributed by atoms with E-state index < -0.39 is 21.2 Å². The first-order chi connectivity index (χ1) is 17.2. The highest BCUT2D eigenvalue weighted by atomic mass is 32.2. The third-order valence-corrected chi connectivity index (χ3v) is 7.64. The molecule has 1 amide bonds. The molecule has 4 rings (SSSR count). The van der Waals surface area contributed by atoms with E-state index in [1.807, 2.05) is 31.3 Å². The highest BCUT2D eigenvalue weighted by Gasteiger charge is 2.21. The van der Waals surface area contributed by atoms with Crippen molar-refractivity contribution in [2.24, 2.45) is 0 Å². The van der Waals surface area contributed by atoms with Crippen molar-refractivity contribution in [3.05, 3.63) is 66.5 Å². The number of hydrogen-bond acceptors (Lipinski definition) is 8. The summed E-state index contributed by atoms with van der Waals surface area (Å²) in [5, 5.41) is 18.2. The van der Waals surface area contributed by atoms with Gasteiger partial charge in [-0.15, -0.1) is 0 Å². The standard InChI is InChI=1S/C25H25N5O5S/c1-15(2)36(33,34)19-8-9-21(27-14-19)18-10-20(24(28-13-18)29-25(31)32)23-11-22(30-35-23)17-6-4-16(5-7-17)12-26-3/h4-11,13-15,26H,12H2,1-3H3,(H,28,29)(H,31,32). The van der Waals surface area contributed by atoms with Crippen LogP contribution >= 0.6 is 0 Å². The van der Waals surface area contributed by atoms with Crippen molar-refractivity contribution in [2.45, 2.75) is 30.5 Å². The Bertz CT molecular complexity index is 1480. The molecule has 3 aromatic heterocycles. The van der Waals surface area contributed by atoms with E-state index in [-0.39, 0.29) is 10.7 Å². The minimum atomic E-state index is -3.46. The summed E-state index contributed by atoms with van der Waals surface area (Å²) in [4.78, 5) is 20.0. The fraction of sp³-hybridized carbons (Fsp3) is 0.200. The van der Waals surface area contributed by atoms with Crippen molar-refractivity contribution >= 4 is 21.7 Å². The number of hydrogen-bond donors (Lipinski definition) is 3. The van der Waals surface area contributed by atoms with Gasteiger partial charge in [0.15, 0.2) is 15.6 Å². The van der Waals surface area contributed by atoms with E-state index in [4.69, 9.17) is 4.52 Å². The van der Waals surface area contributed by atoms with Gasteiger partial charge in [0.25, 0.3) is 0 Å². The predicted octanol–water partition coefficient (Wildman–Crippen LogP) is 4.46. The first-order valence-electron chi connectivity index (χ1n) is 11.1. The lowest BCUT2D eigenvalue weighted by molar-refractivity contribution is 0.209. The van der Waals surface area contributed by atoms with Gasteiger partial charge in [-0.25, -0.2) is 18.2 Å². The van der Waals surface area contributed by atoms with Crippen LogP contribution in [0.5, 0.6) is 0 Å². The lowest BCUT2D eigenvalue weighted by Crippen LogP contribution is -2.14. The summed E-state index contributed by atoms with van der Waals surface area (Å²) < 4.78 is 30.3. The number of nitrogens with zero attached hydrogens (tertiary/aromatic N) is 3. The van der Waals surface area contributed by atoms with E-state index in [1.54, 1.807) is 32.0 Å². The number of carbonyl (C=O) groups is 1. The maximum Gasteiger partial charge on any atom is 0.410 e. The van der Waals surface area contributed by atoms with Crippen LogP contribution in [0.25, 0.3) is 33.8 Å². The van der Waals surface area contributed by atoms with E-state index in [0.29, 0.717) is 28.3 Å². The zero-order chi connectivity index (χ0) is 25.9. The number of aromatic nitrogens is 3. The van der Waals surface area contributed by atoms with Crippen LogP contribution in [0.2, 0.25) is 0 Å². The number of anilines is 1. The van der Waals surface area contributed by atoms with E-state index in [1.165, 1.54) is 18.5 Å².